The van der Waals surface area contributed by atoms with Crippen LogP contribution in [0.25, 0.3) is 11.0 Å². The van der Waals surface area contributed by atoms with Crippen molar-refractivity contribution in [2.75, 3.05) is 5.73 Å². The maximum Gasteiger partial charge on any atom is 0.449 e. The zero-order valence-corrected chi connectivity index (χ0v) is 11.8. The van der Waals surface area contributed by atoms with Crippen molar-refractivity contribution in [3.05, 3.63) is 24.0 Å². The number of halogens is 3. The number of aromatic nitrogens is 2. The van der Waals surface area contributed by atoms with E-state index in [0.717, 1.165) is 19.3 Å². The molecule has 1 fully saturated rings. The van der Waals surface area contributed by atoms with Crippen molar-refractivity contribution in [2.45, 2.75) is 38.9 Å². The van der Waals surface area contributed by atoms with Gasteiger partial charge in [-0.2, -0.15) is 13.2 Å². The Morgan fingerprint density at radius 2 is 2.10 bits per heavy atom. The Labute approximate surface area is 121 Å². The lowest BCUT2D eigenvalue weighted by Gasteiger charge is -2.19. The van der Waals surface area contributed by atoms with E-state index >= 15 is 0 Å². The lowest BCUT2D eigenvalue weighted by molar-refractivity contribution is -0.147. The molecule has 114 valence electrons. The summed E-state index contributed by atoms with van der Waals surface area (Å²) in [6, 6.07) is 4.75. The highest BCUT2D eigenvalue weighted by atomic mass is 19.4. The molecule has 2 aromatic rings. The number of hydrogen-bond acceptors (Lipinski definition) is 2. The smallest absolute Gasteiger partial charge is 0.399 e. The normalized spacial score (nSPS) is 23.0. The summed E-state index contributed by atoms with van der Waals surface area (Å²) < 4.78 is 41.1. The number of imidazole rings is 1. The fraction of sp³-hybridized carbons (Fsp3) is 0.533. The van der Waals surface area contributed by atoms with Gasteiger partial charge in [0.15, 0.2) is 0 Å². The van der Waals surface area contributed by atoms with Crippen LogP contribution in [0.2, 0.25) is 0 Å². The highest BCUT2D eigenvalue weighted by Gasteiger charge is 2.38. The summed E-state index contributed by atoms with van der Waals surface area (Å²) in [4.78, 5) is 3.77. The van der Waals surface area contributed by atoms with Crippen LogP contribution in [-0.2, 0) is 12.7 Å². The molecule has 1 aliphatic carbocycles. The van der Waals surface area contributed by atoms with Gasteiger partial charge in [-0.05, 0) is 36.5 Å². The van der Waals surface area contributed by atoms with Gasteiger partial charge in [-0.3, -0.25) is 0 Å². The molecule has 1 heterocycles. The number of fused-ring (bicyclic) bond motifs is 1. The number of nitrogens with zero attached hydrogens (tertiary/aromatic N) is 2. The predicted octanol–water partition coefficient (Wildman–Crippen LogP) is 4.07. The number of anilines is 1. The third-order valence-corrected chi connectivity index (χ3v) is 4.48. The fourth-order valence-corrected chi connectivity index (χ4v) is 3.28. The highest BCUT2D eigenvalue weighted by molar-refractivity contribution is 5.79. The van der Waals surface area contributed by atoms with Gasteiger partial charge >= 0.3 is 6.18 Å². The zero-order chi connectivity index (χ0) is 15.2. The van der Waals surface area contributed by atoms with Crippen LogP contribution in [0.15, 0.2) is 18.2 Å². The third kappa shape index (κ3) is 2.59. The van der Waals surface area contributed by atoms with Crippen LogP contribution in [0.1, 0.15) is 32.0 Å². The number of nitrogens with two attached hydrogens (primary N) is 1. The lowest BCUT2D eigenvalue weighted by Crippen LogP contribution is -2.20. The van der Waals surface area contributed by atoms with Crippen LogP contribution >= 0.6 is 0 Å². The third-order valence-electron chi connectivity index (χ3n) is 4.48. The minimum atomic E-state index is -4.45. The first-order valence-electron chi connectivity index (χ1n) is 7.19. The van der Waals surface area contributed by atoms with Gasteiger partial charge in [0.25, 0.3) is 0 Å². The lowest BCUT2D eigenvalue weighted by atomic mass is 9.98. The molecular formula is C15H18F3N3. The molecule has 6 heteroatoms. The largest absolute Gasteiger partial charge is 0.449 e. The second-order valence-corrected chi connectivity index (χ2v) is 5.96. The molecule has 21 heavy (non-hydrogen) atoms. The molecule has 3 rings (SSSR count). The number of hydrogen-bond donors (Lipinski definition) is 1. The standard InChI is InChI=1S/C15H18F3N3/c1-9-3-2-4-10(9)8-21-13-6-5-11(19)7-12(13)20-14(21)15(16,17)18/h5-7,9-10H,2-4,8,19H2,1H3. The molecule has 1 aromatic heterocycles. The Hall–Kier alpha value is -1.72. The molecule has 0 spiro atoms. The predicted molar refractivity (Wildman–Crippen MR) is 75.7 cm³/mol. The van der Waals surface area contributed by atoms with E-state index in [1.54, 1.807) is 12.1 Å². The van der Waals surface area contributed by atoms with E-state index in [-0.39, 0.29) is 5.92 Å². The van der Waals surface area contributed by atoms with Gasteiger partial charge in [-0.25, -0.2) is 4.98 Å². The van der Waals surface area contributed by atoms with Gasteiger partial charge in [0, 0.05) is 12.2 Å². The molecular weight excluding hydrogens is 279 g/mol. The van der Waals surface area contributed by atoms with Crippen molar-refractivity contribution in [3.8, 4) is 0 Å². The van der Waals surface area contributed by atoms with Crippen LogP contribution in [0.5, 0.6) is 0 Å². The van der Waals surface area contributed by atoms with Gasteiger partial charge in [-0.1, -0.05) is 19.8 Å². The Balaban J connectivity index is 2.09. The number of benzene rings is 1. The maximum atomic E-state index is 13.2. The molecule has 0 amide bonds. The summed E-state index contributed by atoms with van der Waals surface area (Å²) in [6.45, 7) is 2.48. The van der Waals surface area contributed by atoms with Crippen molar-refractivity contribution >= 4 is 16.7 Å². The zero-order valence-electron chi connectivity index (χ0n) is 11.8. The molecule has 0 saturated heterocycles. The number of nitrogen functional groups attached to an aromatic ring is 1. The molecule has 1 aromatic carbocycles. The minimum absolute atomic E-state index is 0.279. The second kappa shape index (κ2) is 4.93. The molecule has 1 saturated carbocycles. The second-order valence-electron chi connectivity index (χ2n) is 5.96. The van der Waals surface area contributed by atoms with Crippen LogP contribution in [-0.4, -0.2) is 9.55 Å². The molecule has 2 atom stereocenters. The number of rotatable bonds is 2. The average Bonchev–Trinajstić information content (AvgIpc) is 2.94. The molecule has 2 unspecified atom stereocenters. The van der Waals surface area contributed by atoms with Crippen molar-refractivity contribution in [3.63, 3.8) is 0 Å². The van der Waals surface area contributed by atoms with Gasteiger partial charge in [-0.15, -0.1) is 0 Å². The number of alkyl halides is 3. The van der Waals surface area contributed by atoms with Crippen molar-refractivity contribution in [1.82, 2.24) is 9.55 Å². The topological polar surface area (TPSA) is 43.8 Å². The van der Waals surface area contributed by atoms with E-state index in [4.69, 9.17) is 5.73 Å². The Bertz CT molecular complexity index is 660. The molecule has 0 aliphatic heterocycles. The van der Waals surface area contributed by atoms with Gasteiger partial charge in [0.05, 0.1) is 11.0 Å². The van der Waals surface area contributed by atoms with Crippen LogP contribution in [0.3, 0.4) is 0 Å². The monoisotopic (exact) mass is 297 g/mol. The first kappa shape index (κ1) is 14.2. The summed E-state index contributed by atoms with van der Waals surface area (Å²) in [5.41, 5.74) is 6.90. The first-order valence-corrected chi connectivity index (χ1v) is 7.19. The summed E-state index contributed by atoms with van der Waals surface area (Å²) in [5, 5.41) is 0. The van der Waals surface area contributed by atoms with E-state index in [1.807, 2.05) is 0 Å². The van der Waals surface area contributed by atoms with Crippen LogP contribution in [0.4, 0.5) is 18.9 Å². The Morgan fingerprint density at radius 1 is 1.33 bits per heavy atom. The van der Waals surface area contributed by atoms with Crippen molar-refractivity contribution in [2.24, 2.45) is 11.8 Å². The highest BCUT2D eigenvalue weighted by Crippen LogP contribution is 2.37. The first-order chi connectivity index (χ1) is 9.86. The van der Waals surface area contributed by atoms with E-state index in [9.17, 15) is 13.2 Å². The van der Waals surface area contributed by atoms with Crippen molar-refractivity contribution < 1.29 is 13.2 Å². The van der Waals surface area contributed by atoms with Gasteiger partial charge in [0.2, 0.25) is 5.82 Å². The van der Waals surface area contributed by atoms with E-state index in [1.165, 1.54) is 10.6 Å². The van der Waals surface area contributed by atoms with Crippen LogP contribution in [0, 0.1) is 11.8 Å². The SMILES string of the molecule is CC1CCCC1Cn1c(C(F)(F)F)nc2cc(N)ccc21. The van der Waals surface area contributed by atoms with Gasteiger partial charge < -0.3 is 10.3 Å². The van der Waals surface area contributed by atoms with Gasteiger partial charge in [0.1, 0.15) is 0 Å². The summed E-state index contributed by atoms with van der Waals surface area (Å²) in [6.07, 6.45) is -1.29. The summed E-state index contributed by atoms with van der Waals surface area (Å²) in [5.74, 6) is -0.0828. The minimum Gasteiger partial charge on any atom is -0.399 e. The van der Waals surface area contributed by atoms with E-state index in [0.29, 0.717) is 29.2 Å². The summed E-state index contributed by atoms with van der Waals surface area (Å²) in [7, 11) is 0. The Morgan fingerprint density at radius 3 is 2.71 bits per heavy atom. The Kier molecular flexibility index (Phi) is 3.34. The molecule has 3 nitrogen and oxygen atoms in total. The van der Waals surface area contributed by atoms with E-state index in [2.05, 4.69) is 11.9 Å². The fourth-order valence-electron chi connectivity index (χ4n) is 3.28. The molecule has 0 radical (unpaired) electrons. The quantitative estimate of drug-likeness (QED) is 0.849. The molecule has 2 N–H and O–H groups in total. The maximum absolute atomic E-state index is 13.2. The van der Waals surface area contributed by atoms with Crippen molar-refractivity contribution in [1.29, 1.82) is 0 Å². The molecule has 0 bridgehead atoms. The average molecular weight is 297 g/mol. The van der Waals surface area contributed by atoms with Crippen LogP contribution < -0.4 is 5.73 Å². The molecule has 1 aliphatic rings. The summed E-state index contributed by atoms with van der Waals surface area (Å²) >= 11 is 0. The van der Waals surface area contributed by atoms with E-state index < -0.39 is 12.0 Å².